The topological polar surface area (TPSA) is 66.0 Å². The third-order valence-corrected chi connectivity index (χ3v) is 5.50. The minimum absolute atomic E-state index is 0.0452. The van der Waals surface area contributed by atoms with E-state index in [2.05, 4.69) is 27.1 Å². The molecular weight excluding hydrogens is 379 g/mol. The van der Waals surface area contributed by atoms with Gasteiger partial charge in [0.2, 0.25) is 5.91 Å². The molecule has 1 aromatic carbocycles. The summed E-state index contributed by atoms with van der Waals surface area (Å²) in [6, 6.07) is 8.13. The van der Waals surface area contributed by atoms with Crippen molar-refractivity contribution >= 4 is 23.2 Å². The number of nitrogens with zero attached hydrogens (tertiary/aromatic N) is 2. The molecule has 1 unspecified atom stereocenters. The van der Waals surface area contributed by atoms with Gasteiger partial charge in [0.25, 0.3) is 0 Å². The van der Waals surface area contributed by atoms with Gasteiger partial charge >= 0.3 is 0 Å². The van der Waals surface area contributed by atoms with Crippen LogP contribution in [0, 0.1) is 5.82 Å². The lowest BCUT2D eigenvalue weighted by Crippen LogP contribution is -2.47. The van der Waals surface area contributed by atoms with E-state index < -0.39 is 0 Å². The zero-order valence-corrected chi connectivity index (χ0v) is 16.9. The fourth-order valence-electron chi connectivity index (χ4n) is 3.01. The molecule has 8 heteroatoms. The number of hydrogen-bond acceptors (Lipinski definition) is 4. The largest absolute Gasteiger partial charge is 0.489 e. The second kappa shape index (κ2) is 9.54. The Hall–Kier alpha value is -2.61. The normalized spacial score (nSPS) is 15.0. The second-order valence-corrected chi connectivity index (χ2v) is 7.63. The Kier molecular flexibility index (Phi) is 6.86. The van der Waals surface area contributed by atoms with Crippen molar-refractivity contribution < 1.29 is 13.9 Å². The van der Waals surface area contributed by atoms with E-state index >= 15 is 0 Å². The molecule has 2 N–H and O–H groups in total. The molecule has 6 nitrogen and oxygen atoms in total. The summed E-state index contributed by atoms with van der Waals surface area (Å²) in [6.45, 7) is 3.94. The van der Waals surface area contributed by atoms with Gasteiger partial charge in [-0.25, -0.2) is 4.39 Å². The summed E-state index contributed by atoms with van der Waals surface area (Å²) in [5, 5.41) is 8.25. The van der Waals surface area contributed by atoms with Crippen LogP contribution in [-0.4, -0.2) is 49.6 Å². The van der Waals surface area contributed by atoms with Crippen LogP contribution in [0.3, 0.4) is 0 Å². The number of carbonyl (C=O) groups is 1. The van der Waals surface area contributed by atoms with Crippen molar-refractivity contribution in [2.45, 2.75) is 26.0 Å². The Bertz CT molecular complexity index is 839. The number of nitrogens with one attached hydrogen (secondary N) is 2. The van der Waals surface area contributed by atoms with Gasteiger partial charge < -0.3 is 20.3 Å². The number of guanidine groups is 1. The van der Waals surface area contributed by atoms with Gasteiger partial charge in [0.15, 0.2) is 5.96 Å². The Morgan fingerprint density at radius 3 is 3.04 bits per heavy atom. The molecule has 2 heterocycles. The minimum Gasteiger partial charge on any atom is -0.489 e. The van der Waals surface area contributed by atoms with Crippen LogP contribution in [0.25, 0.3) is 0 Å². The molecule has 1 aliphatic rings. The van der Waals surface area contributed by atoms with Crippen LogP contribution in [0.5, 0.6) is 5.75 Å². The summed E-state index contributed by atoms with van der Waals surface area (Å²) in [5.74, 6) is 0.714. The van der Waals surface area contributed by atoms with Crippen LogP contribution in [0.1, 0.15) is 17.4 Å². The van der Waals surface area contributed by atoms with Gasteiger partial charge in [-0.2, -0.15) is 0 Å². The molecule has 0 aliphatic carbocycles. The smallest absolute Gasteiger partial charge is 0.242 e. The van der Waals surface area contributed by atoms with Gasteiger partial charge in [-0.15, -0.1) is 11.3 Å². The average molecular weight is 405 g/mol. The Labute approximate surface area is 168 Å². The molecule has 1 amide bonds. The van der Waals surface area contributed by atoms with E-state index in [-0.39, 0.29) is 24.4 Å². The first kappa shape index (κ1) is 20.1. The number of amides is 1. The fraction of sp³-hybridized carbons (Fsp3) is 0.400. The molecular formula is C20H25FN4O2S. The SMILES string of the molecule is CN=C(NCC(=O)N1CCc2sccc2C1)NCC(C)Oc1cccc(F)c1. The highest BCUT2D eigenvalue weighted by Crippen LogP contribution is 2.23. The first-order valence-electron chi connectivity index (χ1n) is 9.25. The predicted molar refractivity (Wildman–Crippen MR) is 109 cm³/mol. The molecule has 2 aromatic rings. The molecule has 150 valence electrons. The van der Waals surface area contributed by atoms with Crippen molar-refractivity contribution in [2.75, 3.05) is 26.7 Å². The van der Waals surface area contributed by atoms with E-state index in [1.807, 2.05) is 11.8 Å². The Balaban J connectivity index is 1.41. The predicted octanol–water partition coefficient (Wildman–Crippen LogP) is 2.40. The van der Waals surface area contributed by atoms with Gasteiger partial charge in [-0.05, 0) is 42.5 Å². The number of halogens is 1. The highest BCUT2D eigenvalue weighted by molar-refractivity contribution is 7.10. The zero-order valence-electron chi connectivity index (χ0n) is 16.1. The third kappa shape index (κ3) is 5.45. The lowest BCUT2D eigenvalue weighted by atomic mass is 10.1. The molecule has 0 saturated heterocycles. The molecule has 0 radical (unpaired) electrons. The maximum absolute atomic E-state index is 13.2. The monoisotopic (exact) mass is 404 g/mol. The molecule has 1 aromatic heterocycles. The molecule has 3 rings (SSSR count). The summed E-state index contributed by atoms with van der Waals surface area (Å²) in [7, 11) is 1.65. The van der Waals surface area contributed by atoms with Crippen LogP contribution in [-0.2, 0) is 17.8 Å². The van der Waals surface area contributed by atoms with Crippen LogP contribution in [0.4, 0.5) is 4.39 Å². The molecule has 28 heavy (non-hydrogen) atoms. The van der Waals surface area contributed by atoms with Crippen molar-refractivity contribution in [3.05, 3.63) is 52.0 Å². The number of aliphatic imine (C=N–C) groups is 1. The van der Waals surface area contributed by atoms with Crippen molar-refractivity contribution in [1.82, 2.24) is 15.5 Å². The standard InChI is InChI=1S/C20H25FN4O2S/c1-14(27-17-5-3-4-16(21)10-17)11-23-20(22-2)24-12-19(26)25-8-6-18-15(13-25)7-9-28-18/h3-5,7,9-10,14H,6,8,11-13H2,1-2H3,(H2,22,23,24). The summed E-state index contributed by atoms with van der Waals surface area (Å²) in [4.78, 5) is 19.9. The zero-order chi connectivity index (χ0) is 19.9. The van der Waals surface area contributed by atoms with Gasteiger partial charge in [0, 0.05) is 31.1 Å². The summed E-state index contributed by atoms with van der Waals surface area (Å²) >= 11 is 1.76. The van der Waals surface area contributed by atoms with E-state index in [1.54, 1.807) is 30.5 Å². The van der Waals surface area contributed by atoms with E-state index in [0.29, 0.717) is 24.8 Å². The lowest BCUT2D eigenvalue weighted by molar-refractivity contribution is -0.130. The van der Waals surface area contributed by atoms with Crippen molar-refractivity contribution in [3.63, 3.8) is 0 Å². The van der Waals surface area contributed by atoms with Crippen molar-refractivity contribution in [1.29, 1.82) is 0 Å². The highest BCUT2D eigenvalue weighted by Gasteiger charge is 2.21. The average Bonchev–Trinajstić information content (AvgIpc) is 3.15. The molecule has 1 atom stereocenters. The van der Waals surface area contributed by atoms with E-state index in [9.17, 15) is 9.18 Å². The second-order valence-electron chi connectivity index (χ2n) is 6.63. The Morgan fingerprint density at radius 1 is 1.39 bits per heavy atom. The number of hydrogen-bond donors (Lipinski definition) is 2. The van der Waals surface area contributed by atoms with E-state index in [4.69, 9.17) is 4.74 Å². The number of rotatable bonds is 6. The summed E-state index contributed by atoms with van der Waals surface area (Å²) < 4.78 is 18.9. The van der Waals surface area contributed by atoms with E-state index in [0.717, 1.165) is 13.0 Å². The summed E-state index contributed by atoms with van der Waals surface area (Å²) in [6.07, 6.45) is 0.718. The number of benzene rings is 1. The number of fused-ring (bicyclic) bond motifs is 1. The minimum atomic E-state index is -0.332. The van der Waals surface area contributed by atoms with Crippen LogP contribution < -0.4 is 15.4 Å². The third-order valence-electron chi connectivity index (χ3n) is 4.48. The number of ether oxygens (including phenoxy) is 1. The van der Waals surface area contributed by atoms with Crippen LogP contribution >= 0.6 is 11.3 Å². The maximum Gasteiger partial charge on any atom is 0.242 e. The molecule has 0 bridgehead atoms. The lowest BCUT2D eigenvalue weighted by Gasteiger charge is -2.27. The van der Waals surface area contributed by atoms with Crippen molar-refractivity contribution in [3.8, 4) is 5.75 Å². The first-order valence-corrected chi connectivity index (χ1v) is 10.1. The molecule has 0 spiro atoms. The van der Waals surface area contributed by atoms with Gasteiger partial charge in [-0.1, -0.05) is 6.07 Å². The van der Waals surface area contributed by atoms with Gasteiger partial charge in [0.05, 0.1) is 13.1 Å². The van der Waals surface area contributed by atoms with Crippen molar-refractivity contribution in [2.24, 2.45) is 4.99 Å². The molecule has 1 aliphatic heterocycles. The maximum atomic E-state index is 13.2. The van der Waals surface area contributed by atoms with Gasteiger partial charge in [-0.3, -0.25) is 9.79 Å². The van der Waals surface area contributed by atoms with Gasteiger partial charge in [0.1, 0.15) is 17.7 Å². The molecule has 0 saturated carbocycles. The first-order chi connectivity index (χ1) is 13.5. The number of carbonyl (C=O) groups excluding carboxylic acids is 1. The Morgan fingerprint density at radius 2 is 2.25 bits per heavy atom. The van der Waals surface area contributed by atoms with Crippen LogP contribution in [0.15, 0.2) is 40.7 Å². The fourth-order valence-corrected chi connectivity index (χ4v) is 3.90. The molecule has 0 fully saturated rings. The van der Waals surface area contributed by atoms with E-state index in [1.165, 1.54) is 22.6 Å². The number of thiophene rings is 1. The van der Waals surface area contributed by atoms with Crippen LogP contribution in [0.2, 0.25) is 0 Å². The summed E-state index contributed by atoms with van der Waals surface area (Å²) in [5.41, 5.74) is 1.25. The quantitative estimate of drug-likeness (QED) is 0.573. The highest BCUT2D eigenvalue weighted by atomic mass is 32.1.